The molecule has 2 fully saturated rings. The van der Waals surface area contributed by atoms with Gasteiger partial charge in [0.05, 0.1) is 27.0 Å². The molecule has 6 rings (SSSR count). The van der Waals surface area contributed by atoms with E-state index in [1.54, 1.807) is 47.4 Å². The first-order valence-corrected chi connectivity index (χ1v) is 17.5. The summed E-state index contributed by atoms with van der Waals surface area (Å²) in [5.74, 6) is -0.165. The number of hydrogen-bond acceptors (Lipinski definition) is 10. The van der Waals surface area contributed by atoms with Crippen LogP contribution in [0.25, 0.3) is 0 Å². The summed E-state index contributed by atoms with van der Waals surface area (Å²) in [5.41, 5.74) is -0.819. The standard InChI is InChI=1S/C35H42N4O8S.2ClH/c1-24-9-11-30-29(21-24)35(25-7-6-8-27(22-25)44-3,33(40)39(30)48(42,43)32-12-10-28(45-4)23-31(32)46-5)47-34(41)38-19-17-37(18-20-38)26-13-15-36(2)16-14-26;;/h6-12,21-23,26H,13-20H2,1-5H3;2*1H. The molecule has 2 saturated heterocycles. The fourth-order valence-electron chi connectivity index (χ4n) is 6.91. The third kappa shape index (κ3) is 6.93. The Balaban J connectivity index is 0.00000281. The molecule has 1 unspecified atom stereocenters. The number of likely N-dealkylation sites (tertiary alicyclic amines) is 1. The van der Waals surface area contributed by atoms with Crippen LogP contribution in [0, 0.1) is 6.92 Å². The maximum absolute atomic E-state index is 15.0. The number of rotatable bonds is 8. The van der Waals surface area contributed by atoms with Gasteiger partial charge in [-0.05, 0) is 76.3 Å². The summed E-state index contributed by atoms with van der Waals surface area (Å²) in [5, 5.41) is 0. The van der Waals surface area contributed by atoms with Gasteiger partial charge in [0.2, 0.25) is 5.60 Å². The zero-order valence-corrected chi connectivity index (χ0v) is 31.2. The van der Waals surface area contributed by atoms with Gasteiger partial charge in [-0.25, -0.2) is 13.2 Å². The van der Waals surface area contributed by atoms with E-state index in [4.69, 9.17) is 18.9 Å². The fourth-order valence-corrected chi connectivity index (χ4v) is 8.50. The van der Waals surface area contributed by atoms with Crippen LogP contribution in [0.2, 0.25) is 0 Å². The largest absolute Gasteiger partial charge is 0.497 e. The first kappa shape index (κ1) is 39.0. The van der Waals surface area contributed by atoms with Crippen molar-refractivity contribution in [1.82, 2.24) is 14.7 Å². The lowest BCUT2D eigenvalue weighted by Gasteiger charge is -2.42. The number of hydrogen-bond donors (Lipinski definition) is 0. The van der Waals surface area contributed by atoms with E-state index in [1.165, 1.54) is 39.5 Å². The number of benzene rings is 3. The average molecular weight is 752 g/mol. The number of carbonyl (C=O) groups is 2. The Bertz CT molecular complexity index is 1810. The number of carbonyl (C=O) groups excluding carboxylic acids is 2. The van der Waals surface area contributed by atoms with Gasteiger partial charge in [-0.3, -0.25) is 9.69 Å². The van der Waals surface area contributed by atoms with Gasteiger partial charge >= 0.3 is 6.09 Å². The van der Waals surface area contributed by atoms with Crippen LogP contribution in [0.3, 0.4) is 0 Å². The summed E-state index contributed by atoms with van der Waals surface area (Å²) < 4.78 is 52.3. The lowest BCUT2D eigenvalue weighted by molar-refractivity contribution is -0.132. The lowest BCUT2D eigenvalue weighted by atomic mass is 9.86. The van der Waals surface area contributed by atoms with Crippen LogP contribution >= 0.6 is 24.8 Å². The quantitative estimate of drug-likeness (QED) is 0.321. The van der Waals surface area contributed by atoms with Crippen LogP contribution in [-0.4, -0.2) is 109 Å². The van der Waals surface area contributed by atoms with Gasteiger partial charge in [-0.15, -0.1) is 24.8 Å². The molecular formula is C35H44Cl2N4O8S. The van der Waals surface area contributed by atoms with Gasteiger partial charge in [0.15, 0.2) is 0 Å². The fraction of sp³-hybridized carbons (Fsp3) is 0.429. The van der Waals surface area contributed by atoms with E-state index >= 15 is 0 Å². The zero-order chi connectivity index (χ0) is 34.2. The second-order valence-electron chi connectivity index (χ2n) is 12.5. The zero-order valence-electron chi connectivity index (χ0n) is 28.8. The van der Waals surface area contributed by atoms with Gasteiger partial charge < -0.3 is 28.7 Å². The Morgan fingerprint density at radius 3 is 2.12 bits per heavy atom. The Hall–Kier alpha value is -3.75. The molecule has 0 N–H and O–H groups in total. The molecule has 272 valence electrons. The Labute approximate surface area is 306 Å². The normalized spacial score (nSPS) is 20.0. The van der Waals surface area contributed by atoms with Crippen molar-refractivity contribution in [3.05, 3.63) is 77.4 Å². The second-order valence-corrected chi connectivity index (χ2v) is 14.2. The molecule has 50 heavy (non-hydrogen) atoms. The number of piperazine rings is 1. The number of nitrogens with zero attached hydrogens (tertiary/aromatic N) is 4. The Morgan fingerprint density at radius 1 is 0.820 bits per heavy atom. The monoisotopic (exact) mass is 750 g/mol. The number of piperidine rings is 1. The first-order valence-electron chi connectivity index (χ1n) is 16.0. The first-order chi connectivity index (χ1) is 23.0. The molecule has 3 aliphatic rings. The summed E-state index contributed by atoms with van der Waals surface area (Å²) in [7, 11) is 1.81. The topological polar surface area (TPSA) is 118 Å². The predicted molar refractivity (Wildman–Crippen MR) is 194 cm³/mol. The van der Waals surface area contributed by atoms with E-state index in [1.807, 2.05) is 6.92 Å². The molecule has 0 aromatic heterocycles. The summed E-state index contributed by atoms with van der Waals surface area (Å²) in [4.78, 5) is 35.2. The number of methoxy groups -OCH3 is 3. The number of ether oxygens (including phenoxy) is 4. The molecular weight excluding hydrogens is 707 g/mol. The highest BCUT2D eigenvalue weighted by Gasteiger charge is 2.60. The van der Waals surface area contributed by atoms with Gasteiger partial charge in [-0.1, -0.05) is 23.8 Å². The van der Waals surface area contributed by atoms with Crippen LogP contribution in [0.15, 0.2) is 65.6 Å². The van der Waals surface area contributed by atoms with Crippen molar-refractivity contribution in [3.63, 3.8) is 0 Å². The predicted octanol–water partition coefficient (Wildman–Crippen LogP) is 4.69. The number of amides is 2. The van der Waals surface area contributed by atoms with E-state index < -0.39 is 27.6 Å². The van der Waals surface area contributed by atoms with Crippen LogP contribution in [0.5, 0.6) is 17.2 Å². The molecule has 0 bridgehead atoms. The summed E-state index contributed by atoms with van der Waals surface area (Å²) in [6, 6.07) is 16.3. The molecule has 3 aromatic carbocycles. The van der Waals surface area contributed by atoms with E-state index in [9.17, 15) is 18.0 Å². The highest BCUT2D eigenvalue weighted by molar-refractivity contribution is 7.93. The van der Waals surface area contributed by atoms with Crippen molar-refractivity contribution < 1.29 is 37.0 Å². The second kappa shape index (κ2) is 15.6. The van der Waals surface area contributed by atoms with Crippen molar-refractivity contribution in [2.75, 3.05) is 72.0 Å². The lowest BCUT2D eigenvalue weighted by Crippen LogP contribution is -2.55. The summed E-state index contributed by atoms with van der Waals surface area (Å²) >= 11 is 0. The molecule has 3 aliphatic heterocycles. The van der Waals surface area contributed by atoms with E-state index in [-0.39, 0.29) is 52.3 Å². The number of aryl methyl sites for hydroxylation is 1. The van der Waals surface area contributed by atoms with Gasteiger partial charge in [-0.2, -0.15) is 4.31 Å². The minimum Gasteiger partial charge on any atom is -0.497 e. The van der Waals surface area contributed by atoms with Crippen molar-refractivity contribution in [1.29, 1.82) is 0 Å². The Morgan fingerprint density at radius 2 is 1.48 bits per heavy atom. The molecule has 1 atom stereocenters. The third-order valence-corrected chi connectivity index (χ3v) is 11.4. The Kier molecular flexibility index (Phi) is 12.2. The summed E-state index contributed by atoms with van der Waals surface area (Å²) in [6.45, 7) is 6.10. The molecule has 0 saturated carbocycles. The highest BCUT2D eigenvalue weighted by atomic mass is 35.5. The van der Waals surface area contributed by atoms with Crippen LogP contribution in [-0.2, 0) is 25.2 Å². The average Bonchev–Trinajstić information content (AvgIpc) is 3.35. The molecule has 3 heterocycles. The summed E-state index contributed by atoms with van der Waals surface area (Å²) in [6.07, 6.45) is 1.45. The molecule has 15 heteroatoms. The molecule has 2 amide bonds. The highest BCUT2D eigenvalue weighted by Crippen LogP contribution is 2.51. The van der Waals surface area contributed by atoms with Crippen molar-refractivity contribution >= 4 is 52.5 Å². The van der Waals surface area contributed by atoms with Crippen molar-refractivity contribution in [3.8, 4) is 17.2 Å². The van der Waals surface area contributed by atoms with Crippen LogP contribution in [0.1, 0.15) is 29.5 Å². The van der Waals surface area contributed by atoms with E-state index in [0.29, 0.717) is 43.7 Å². The molecule has 0 radical (unpaired) electrons. The molecule has 12 nitrogen and oxygen atoms in total. The molecule has 3 aromatic rings. The number of sulfonamides is 1. The van der Waals surface area contributed by atoms with Crippen molar-refractivity contribution in [2.45, 2.75) is 36.3 Å². The molecule has 0 spiro atoms. The van der Waals surface area contributed by atoms with E-state index in [2.05, 4.69) is 16.8 Å². The van der Waals surface area contributed by atoms with Gasteiger partial charge in [0.25, 0.3) is 15.9 Å². The van der Waals surface area contributed by atoms with Crippen LogP contribution in [0.4, 0.5) is 10.5 Å². The minimum absolute atomic E-state index is 0. The number of fused-ring (bicyclic) bond motifs is 1. The number of anilines is 1. The minimum atomic E-state index is -4.60. The van der Waals surface area contributed by atoms with Gasteiger partial charge in [0, 0.05) is 49.4 Å². The van der Waals surface area contributed by atoms with Gasteiger partial charge in [0.1, 0.15) is 22.1 Å². The maximum atomic E-state index is 15.0. The van der Waals surface area contributed by atoms with E-state index in [0.717, 1.165) is 35.8 Å². The smallest absolute Gasteiger partial charge is 0.411 e. The van der Waals surface area contributed by atoms with Crippen molar-refractivity contribution in [2.24, 2.45) is 0 Å². The maximum Gasteiger partial charge on any atom is 0.411 e. The third-order valence-electron chi connectivity index (χ3n) is 9.62. The number of halogens is 2. The molecule has 0 aliphatic carbocycles. The SMILES string of the molecule is COc1cccc(C2(OC(=O)N3CCN(C4CCN(C)CC4)CC3)C(=O)N(S(=O)(=O)c3ccc(OC)cc3OC)c3ccc(C)cc32)c1.Cl.Cl. The van der Waals surface area contributed by atoms with Crippen LogP contribution < -0.4 is 18.5 Å².